The van der Waals surface area contributed by atoms with Gasteiger partial charge in [0.1, 0.15) is 0 Å². The zero-order valence-electron chi connectivity index (χ0n) is 10.5. The minimum absolute atomic E-state index is 0.0718. The van der Waals surface area contributed by atoms with Crippen LogP contribution in [0.5, 0.6) is 0 Å². The number of alkyl halides is 4. The van der Waals surface area contributed by atoms with Gasteiger partial charge in [-0.1, -0.05) is 12.1 Å². The minimum atomic E-state index is -4.42. The van der Waals surface area contributed by atoms with Crippen LogP contribution in [0.25, 0.3) is 0 Å². The average molecular weight is 314 g/mol. The van der Waals surface area contributed by atoms with E-state index in [0.717, 1.165) is 0 Å². The van der Waals surface area contributed by atoms with Crippen molar-refractivity contribution < 1.29 is 26.0 Å². The first-order chi connectivity index (χ1) is 9.12. The molecule has 0 amide bonds. The standard InChI is InChI=1S/C11H14F4N2O2S/c1-7-8(5-16)3-2-4-9(7)20(18,19)17-6-11(14,15)10(12)13/h2-4,10,17H,5-6,16H2,1H3. The number of benzene rings is 1. The zero-order valence-corrected chi connectivity index (χ0v) is 11.4. The molecule has 0 atom stereocenters. The lowest BCUT2D eigenvalue weighted by molar-refractivity contribution is -0.122. The van der Waals surface area contributed by atoms with Crippen molar-refractivity contribution in [2.45, 2.75) is 30.7 Å². The number of rotatable bonds is 6. The second-order valence-electron chi connectivity index (χ2n) is 4.13. The van der Waals surface area contributed by atoms with Gasteiger partial charge in [0, 0.05) is 6.54 Å². The molecule has 4 nitrogen and oxygen atoms in total. The molecule has 3 N–H and O–H groups in total. The fourth-order valence-electron chi connectivity index (χ4n) is 1.52. The molecule has 1 aromatic rings. The van der Waals surface area contributed by atoms with Crippen molar-refractivity contribution in [2.24, 2.45) is 5.73 Å². The molecule has 9 heteroatoms. The summed E-state index contributed by atoms with van der Waals surface area (Å²) in [6.45, 7) is -0.135. The van der Waals surface area contributed by atoms with Crippen molar-refractivity contribution in [3.8, 4) is 0 Å². The SMILES string of the molecule is Cc1c(CN)cccc1S(=O)(=O)NCC(F)(F)C(F)F. The van der Waals surface area contributed by atoms with Crippen LogP contribution in [-0.2, 0) is 16.6 Å². The third kappa shape index (κ3) is 3.68. The number of sulfonamides is 1. The summed E-state index contributed by atoms with van der Waals surface area (Å²) in [5.41, 5.74) is 6.23. The lowest BCUT2D eigenvalue weighted by Gasteiger charge is -2.17. The van der Waals surface area contributed by atoms with Crippen LogP contribution in [0.15, 0.2) is 23.1 Å². The van der Waals surface area contributed by atoms with Gasteiger partial charge < -0.3 is 5.73 Å². The predicted molar refractivity (Wildman–Crippen MR) is 65.2 cm³/mol. The maximum Gasteiger partial charge on any atom is 0.320 e. The highest BCUT2D eigenvalue weighted by Gasteiger charge is 2.41. The van der Waals surface area contributed by atoms with Gasteiger partial charge in [-0.25, -0.2) is 21.9 Å². The van der Waals surface area contributed by atoms with Crippen LogP contribution in [0.2, 0.25) is 0 Å². The van der Waals surface area contributed by atoms with E-state index in [2.05, 4.69) is 0 Å². The van der Waals surface area contributed by atoms with E-state index in [-0.39, 0.29) is 11.4 Å². The highest BCUT2D eigenvalue weighted by molar-refractivity contribution is 7.89. The Morgan fingerprint density at radius 2 is 1.95 bits per heavy atom. The lowest BCUT2D eigenvalue weighted by atomic mass is 10.1. The van der Waals surface area contributed by atoms with Crippen molar-refractivity contribution in [1.29, 1.82) is 0 Å². The van der Waals surface area contributed by atoms with E-state index in [4.69, 9.17) is 5.73 Å². The summed E-state index contributed by atoms with van der Waals surface area (Å²) in [4.78, 5) is -0.259. The molecule has 0 fully saturated rings. The Kier molecular flexibility index (Phi) is 5.11. The van der Waals surface area contributed by atoms with E-state index in [9.17, 15) is 26.0 Å². The summed E-state index contributed by atoms with van der Waals surface area (Å²) in [6.07, 6.45) is -3.94. The Bertz CT molecular complexity index is 576. The molecule has 0 unspecified atom stereocenters. The molecule has 0 heterocycles. The third-order valence-electron chi connectivity index (χ3n) is 2.72. The zero-order chi connectivity index (χ0) is 15.6. The molecule has 0 aromatic heterocycles. The van der Waals surface area contributed by atoms with Crippen LogP contribution in [-0.4, -0.2) is 27.3 Å². The van der Waals surface area contributed by atoms with Crippen LogP contribution in [0.1, 0.15) is 11.1 Å². The number of hydrogen-bond donors (Lipinski definition) is 2. The Hall–Kier alpha value is -1.19. The molecule has 0 spiro atoms. The van der Waals surface area contributed by atoms with E-state index in [1.807, 2.05) is 0 Å². The normalized spacial score (nSPS) is 12.9. The van der Waals surface area contributed by atoms with Crippen LogP contribution >= 0.6 is 0 Å². The molecule has 0 bridgehead atoms. The fraction of sp³-hybridized carbons (Fsp3) is 0.455. The van der Waals surface area contributed by atoms with Gasteiger partial charge in [0.2, 0.25) is 10.0 Å². The van der Waals surface area contributed by atoms with E-state index in [1.165, 1.54) is 23.8 Å². The molecule has 114 valence electrons. The number of halogens is 4. The number of nitrogens with one attached hydrogen (secondary N) is 1. The Labute approximate surface area is 114 Å². The highest BCUT2D eigenvalue weighted by atomic mass is 32.2. The first-order valence-corrected chi connectivity index (χ1v) is 7.04. The Morgan fingerprint density at radius 1 is 1.35 bits per heavy atom. The van der Waals surface area contributed by atoms with Crippen LogP contribution in [0.3, 0.4) is 0 Å². The van der Waals surface area contributed by atoms with Crippen molar-refractivity contribution in [3.05, 3.63) is 29.3 Å². The molecule has 0 radical (unpaired) electrons. The van der Waals surface area contributed by atoms with Gasteiger partial charge in [0.25, 0.3) is 0 Å². The van der Waals surface area contributed by atoms with E-state index in [1.54, 1.807) is 6.07 Å². The monoisotopic (exact) mass is 314 g/mol. The maximum atomic E-state index is 12.7. The lowest BCUT2D eigenvalue weighted by Crippen LogP contribution is -2.41. The van der Waals surface area contributed by atoms with E-state index >= 15 is 0 Å². The quantitative estimate of drug-likeness (QED) is 0.784. The van der Waals surface area contributed by atoms with Crippen molar-refractivity contribution in [1.82, 2.24) is 4.72 Å². The van der Waals surface area contributed by atoms with Gasteiger partial charge in [0.05, 0.1) is 11.4 Å². The van der Waals surface area contributed by atoms with Gasteiger partial charge in [-0.3, -0.25) is 0 Å². The van der Waals surface area contributed by atoms with Gasteiger partial charge in [-0.05, 0) is 24.1 Å². The smallest absolute Gasteiger partial charge is 0.320 e. The summed E-state index contributed by atoms with van der Waals surface area (Å²) >= 11 is 0. The second-order valence-corrected chi connectivity index (χ2v) is 5.87. The molecular formula is C11H14F4N2O2S. The molecule has 1 aromatic carbocycles. The molecule has 0 saturated carbocycles. The van der Waals surface area contributed by atoms with Crippen molar-refractivity contribution >= 4 is 10.0 Å². The van der Waals surface area contributed by atoms with Gasteiger partial charge >= 0.3 is 12.3 Å². The fourth-order valence-corrected chi connectivity index (χ4v) is 2.85. The van der Waals surface area contributed by atoms with Crippen LogP contribution in [0.4, 0.5) is 17.6 Å². The highest BCUT2D eigenvalue weighted by Crippen LogP contribution is 2.23. The molecular weight excluding hydrogens is 300 g/mol. The van der Waals surface area contributed by atoms with Crippen LogP contribution < -0.4 is 10.5 Å². The average Bonchev–Trinajstić information content (AvgIpc) is 2.36. The largest absolute Gasteiger partial charge is 0.326 e. The maximum absolute atomic E-state index is 12.7. The summed E-state index contributed by atoms with van der Waals surface area (Å²) < 4.78 is 74.7. The molecule has 20 heavy (non-hydrogen) atoms. The molecule has 0 aliphatic heterocycles. The van der Waals surface area contributed by atoms with E-state index < -0.39 is 28.9 Å². The number of hydrogen-bond acceptors (Lipinski definition) is 3. The minimum Gasteiger partial charge on any atom is -0.326 e. The molecule has 0 aliphatic carbocycles. The Morgan fingerprint density at radius 3 is 2.45 bits per heavy atom. The molecule has 0 aliphatic rings. The van der Waals surface area contributed by atoms with Gasteiger partial charge in [-0.2, -0.15) is 8.78 Å². The van der Waals surface area contributed by atoms with Gasteiger partial charge in [0.15, 0.2) is 0 Å². The molecule has 1 rings (SSSR count). The van der Waals surface area contributed by atoms with E-state index in [0.29, 0.717) is 11.1 Å². The Balaban J connectivity index is 3.01. The first-order valence-electron chi connectivity index (χ1n) is 5.56. The summed E-state index contributed by atoms with van der Waals surface area (Å²) in [6, 6.07) is 4.18. The first kappa shape index (κ1) is 16.9. The van der Waals surface area contributed by atoms with Gasteiger partial charge in [-0.15, -0.1) is 0 Å². The summed E-state index contributed by atoms with van der Waals surface area (Å²) in [5, 5.41) is 0. The topological polar surface area (TPSA) is 72.2 Å². The van der Waals surface area contributed by atoms with Crippen LogP contribution in [0, 0.1) is 6.92 Å². The van der Waals surface area contributed by atoms with Crippen molar-refractivity contribution in [3.63, 3.8) is 0 Å². The second kappa shape index (κ2) is 6.06. The molecule has 0 saturated heterocycles. The van der Waals surface area contributed by atoms with Crippen molar-refractivity contribution in [2.75, 3.05) is 6.54 Å². The summed E-state index contributed by atoms with van der Waals surface area (Å²) in [5.74, 6) is -4.42. The third-order valence-corrected chi connectivity index (χ3v) is 4.27. The predicted octanol–water partition coefficient (Wildman–Crippen LogP) is 1.63. The number of nitrogens with two attached hydrogens (primary N) is 1. The summed E-state index contributed by atoms with van der Waals surface area (Å²) in [7, 11) is -4.31.